The van der Waals surface area contributed by atoms with Crippen molar-refractivity contribution >= 4 is 39.8 Å². The average molecular weight is 546 g/mol. The Bertz CT molecular complexity index is 1510. The highest BCUT2D eigenvalue weighted by atomic mass is 32.1. The molecule has 8 nitrogen and oxygen atoms in total. The predicted molar refractivity (Wildman–Crippen MR) is 153 cm³/mol. The average Bonchev–Trinajstić information content (AvgIpc) is 3.48. The zero-order chi connectivity index (χ0) is 28.3. The monoisotopic (exact) mass is 545 g/mol. The van der Waals surface area contributed by atoms with E-state index in [0.29, 0.717) is 27.4 Å². The lowest BCUT2D eigenvalue weighted by atomic mass is 9.87. The standard InChI is InChI=1S/C30H31N3O5S/c1-7-37-29(36)23-17(2)16-39-28(23)33-26(35)24-25(19-10-14-22(15-11-19)31-18(3)34)38-27(32-24)20-8-12-21(13-9-20)30(4,5)6/h8-16H,7H2,1-6H3,(H,31,34)(H,33,35). The summed E-state index contributed by atoms with van der Waals surface area (Å²) < 4.78 is 11.3. The van der Waals surface area contributed by atoms with E-state index in [0.717, 1.165) is 11.1 Å². The number of rotatable bonds is 7. The Morgan fingerprint density at radius 3 is 2.21 bits per heavy atom. The second kappa shape index (κ2) is 11.2. The quantitative estimate of drug-likeness (QED) is 0.241. The molecule has 2 N–H and O–H groups in total. The molecule has 4 aromatic rings. The van der Waals surface area contributed by atoms with Crippen molar-refractivity contribution in [3.05, 3.63) is 76.3 Å². The van der Waals surface area contributed by atoms with Crippen molar-refractivity contribution in [2.45, 2.75) is 47.0 Å². The number of amides is 2. The maximum Gasteiger partial charge on any atom is 0.341 e. The number of aryl methyl sites for hydroxylation is 1. The van der Waals surface area contributed by atoms with Gasteiger partial charge in [0.1, 0.15) is 5.00 Å². The van der Waals surface area contributed by atoms with E-state index in [4.69, 9.17) is 9.15 Å². The number of thiophene rings is 1. The molecule has 9 heteroatoms. The maximum absolute atomic E-state index is 13.6. The summed E-state index contributed by atoms with van der Waals surface area (Å²) in [6.07, 6.45) is 0. The Hall–Kier alpha value is -4.24. The molecule has 0 fully saturated rings. The van der Waals surface area contributed by atoms with Gasteiger partial charge in [-0.25, -0.2) is 9.78 Å². The van der Waals surface area contributed by atoms with E-state index in [1.54, 1.807) is 43.5 Å². The van der Waals surface area contributed by atoms with Gasteiger partial charge in [-0.2, -0.15) is 0 Å². The van der Waals surface area contributed by atoms with Gasteiger partial charge in [0, 0.05) is 23.7 Å². The molecule has 2 amide bonds. The van der Waals surface area contributed by atoms with Gasteiger partial charge in [-0.3, -0.25) is 9.59 Å². The van der Waals surface area contributed by atoms with Crippen LogP contribution in [0.5, 0.6) is 0 Å². The maximum atomic E-state index is 13.6. The number of ether oxygens (including phenoxy) is 1. The van der Waals surface area contributed by atoms with Gasteiger partial charge in [0.25, 0.3) is 5.91 Å². The third-order valence-corrected chi connectivity index (χ3v) is 7.00. The first-order valence-electron chi connectivity index (χ1n) is 12.5. The second-order valence-corrected chi connectivity index (χ2v) is 11.0. The smallest absolute Gasteiger partial charge is 0.341 e. The molecular weight excluding hydrogens is 514 g/mol. The van der Waals surface area contributed by atoms with E-state index in [1.807, 2.05) is 24.3 Å². The summed E-state index contributed by atoms with van der Waals surface area (Å²) in [5, 5.41) is 7.72. The van der Waals surface area contributed by atoms with Crippen LogP contribution >= 0.6 is 11.3 Å². The van der Waals surface area contributed by atoms with Crippen LogP contribution in [0.4, 0.5) is 10.7 Å². The fraction of sp³-hybridized carbons (Fsp3) is 0.267. The first-order chi connectivity index (χ1) is 18.5. The lowest BCUT2D eigenvalue weighted by Crippen LogP contribution is -2.16. The summed E-state index contributed by atoms with van der Waals surface area (Å²) in [5.41, 5.74) is 4.17. The molecule has 39 heavy (non-hydrogen) atoms. The van der Waals surface area contributed by atoms with Crippen molar-refractivity contribution in [3.63, 3.8) is 0 Å². The number of nitrogens with one attached hydrogen (secondary N) is 2. The molecule has 2 heterocycles. The van der Waals surface area contributed by atoms with Crippen LogP contribution in [0.1, 0.15) is 66.6 Å². The van der Waals surface area contributed by atoms with E-state index in [-0.39, 0.29) is 35.3 Å². The zero-order valence-corrected chi connectivity index (χ0v) is 23.6. The van der Waals surface area contributed by atoms with Crippen LogP contribution in [0, 0.1) is 6.92 Å². The van der Waals surface area contributed by atoms with E-state index in [1.165, 1.54) is 18.3 Å². The molecule has 0 atom stereocenters. The minimum Gasteiger partial charge on any atom is -0.462 e. The zero-order valence-electron chi connectivity index (χ0n) is 22.8. The van der Waals surface area contributed by atoms with Crippen LogP contribution in [-0.2, 0) is 14.9 Å². The van der Waals surface area contributed by atoms with Crippen molar-refractivity contribution in [3.8, 4) is 22.8 Å². The van der Waals surface area contributed by atoms with Gasteiger partial charge < -0.3 is 19.8 Å². The normalized spacial score (nSPS) is 11.2. The van der Waals surface area contributed by atoms with Crippen LogP contribution in [0.15, 0.2) is 58.3 Å². The first-order valence-corrected chi connectivity index (χ1v) is 13.4. The largest absolute Gasteiger partial charge is 0.462 e. The van der Waals surface area contributed by atoms with Crippen molar-refractivity contribution in [2.24, 2.45) is 0 Å². The molecule has 2 aromatic carbocycles. The summed E-state index contributed by atoms with van der Waals surface area (Å²) in [6.45, 7) is 11.6. The van der Waals surface area contributed by atoms with Gasteiger partial charge in [0.05, 0.1) is 12.2 Å². The van der Waals surface area contributed by atoms with Crippen LogP contribution in [0.2, 0.25) is 0 Å². The van der Waals surface area contributed by atoms with Gasteiger partial charge in [0.15, 0.2) is 11.5 Å². The highest BCUT2D eigenvalue weighted by Crippen LogP contribution is 2.34. The Morgan fingerprint density at radius 2 is 1.62 bits per heavy atom. The van der Waals surface area contributed by atoms with Crippen LogP contribution in [-0.4, -0.2) is 29.4 Å². The van der Waals surface area contributed by atoms with E-state index >= 15 is 0 Å². The van der Waals surface area contributed by atoms with Gasteiger partial charge in [-0.1, -0.05) is 32.9 Å². The number of carbonyl (C=O) groups is 3. The summed E-state index contributed by atoms with van der Waals surface area (Å²) >= 11 is 1.24. The molecule has 0 saturated heterocycles. The number of hydrogen-bond acceptors (Lipinski definition) is 7. The van der Waals surface area contributed by atoms with E-state index in [9.17, 15) is 14.4 Å². The number of aromatic nitrogens is 1. The molecule has 0 radical (unpaired) electrons. The van der Waals surface area contributed by atoms with Crippen molar-refractivity contribution in [1.82, 2.24) is 4.98 Å². The lowest BCUT2D eigenvalue weighted by Gasteiger charge is -2.18. The number of hydrogen-bond donors (Lipinski definition) is 2. The number of oxazole rings is 1. The molecule has 0 aliphatic rings. The highest BCUT2D eigenvalue weighted by Gasteiger charge is 2.26. The fourth-order valence-corrected chi connectivity index (χ4v) is 4.90. The summed E-state index contributed by atoms with van der Waals surface area (Å²) in [7, 11) is 0. The summed E-state index contributed by atoms with van der Waals surface area (Å²) in [6, 6.07) is 14.8. The lowest BCUT2D eigenvalue weighted by molar-refractivity contribution is -0.114. The Balaban J connectivity index is 1.74. The van der Waals surface area contributed by atoms with Crippen LogP contribution < -0.4 is 10.6 Å². The second-order valence-electron chi connectivity index (χ2n) is 10.1. The van der Waals surface area contributed by atoms with Crippen LogP contribution in [0.3, 0.4) is 0 Å². The Labute approximate surface area is 231 Å². The fourth-order valence-electron chi connectivity index (χ4n) is 3.97. The van der Waals surface area contributed by atoms with Gasteiger partial charge in [0.2, 0.25) is 11.8 Å². The molecule has 2 aromatic heterocycles. The van der Waals surface area contributed by atoms with Gasteiger partial charge >= 0.3 is 5.97 Å². The van der Waals surface area contributed by atoms with Gasteiger partial charge in [-0.05, 0) is 72.2 Å². The minimum absolute atomic E-state index is 0.0174. The molecular formula is C30H31N3O5S. The molecule has 0 aliphatic heterocycles. The molecule has 0 bridgehead atoms. The molecule has 202 valence electrons. The number of anilines is 2. The number of nitrogens with zero attached hydrogens (tertiary/aromatic N) is 1. The van der Waals surface area contributed by atoms with E-state index < -0.39 is 11.9 Å². The Morgan fingerprint density at radius 1 is 0.974 bits per heavy atom. The number of carbonyl (C=O) groups excluding carboxylic acids is 3. The number of esters is 1. The molecule has 0 aliphatic carbocycles. The molecule has 0 unspecified atom stereocenters. The van der Waals surface area contributed by atoms with Crippen molar-refractivity contribution in [2.75, 3.05) is 17.2 Å². The predicted octanol–water partition coefficient (Wildman–Crippen LogP) is 7.06. The molecule has 0 spiro atoms. The topological polar surface area (TPSA) is 111 Å². The number of benzene rings is 2. The van der Waals surface area contributed by atoms with E-state index in [2.05, 4.69) is 36.4 Å². The minimum atomic E-state index is -0.523. The molecule has 0 saturated carbocycles. The van der Waals surface area contributed by atoms with Crippen molar-refractivity contribution in [1.29, 1.82) is 0 Å². The summed E-state index contributed by atoms with van der Waals surface area (Å²) in [5.74, 6) is -0.658. The first kappa shape index (κ1) is 27.8. The third kappa shape index (κ3) is 6.26. The SMILES string of the molecule is CCOC(=O)c1c(C)csc1NC(=O)c1nc(-c2ccc(C(C)(C)C)cc2)oc1-c1ccc(NC(C)=O)cc1. The van der Waals surface area contributed by atoms with Crippen LogP contribution in [0.25, 0.3) is 22.8 Å². The highest BCUT2D eigenvalue weighted by molar-refractivity contribution is 7.15. The Kier molecular flexibility index (Phi) is 8.01. The van der Waals surface area contributed by atoms with Crippen molar-refractivity contribution < 1.29 is 23.5 Å². The third-order valence-electron chi connectivity index (χ3n) is 5.99. The summed E-state index contributed by atoms with van der Waals surface area (Å²) in [4.78, 5) is 42.1. The molecule has 4 rings (SSSR count). The van der Waals surface area contributed by atoms with Gasteiger partial charge in [-0.15, -0.1) is 11.3 Å².